The fourth-order valence-corrected chi connectivity index (χ4v) is 3.47. The molecule has 86 valence electrons. The van der Waals surface area contributed by atoms with E-state index in [1.54, 1.807) is 29.8 Å². The lowest BCUT2D eigenvalue weighted by Gasteiger charge is -1.98. The van der Waals surface area contributed by atoms with Gasteiger partial charge in [0.15, 0.2) is 5.01 Å². The molecule has 0 aliphatic carbocycles. The summed E-state index contributed by atoms with van der Waals surface area (Å²) in [5.41, 5.74) is 0. The van der Waals surface area contributed by atoms with Crippen molar-refractivity contribution in [1.29, 1.82) is 0 Å². The summed E-state index contributed by atoms with van der Waals surface area (Å²) in [6.07, 6.45) is 1.01. The molecule has 2 aromatic rings. The number of alkyl halides is 1. The van der Waals surface area contributed by atoms with Crippen molar-refractivity contribution in [3.63, 3.8) is 0 Å². The molecule has 0 fully saturated rings. The molecule has 0 bridgehead atoms. The maximum absolute atomic E-state index is 5.27. The molecule has 0 aromatic carbocycles. The highest BCUT2D eigenvalue weighted by Crippen LogP contribution is 2.39. The molecule has 0 saturated carbocycles. The van der Waals surface area contributed by atoms with E-state index in [1.165, 1.54) is 0 Å². The van der Waals surface area contributed by atoms with Gasteiger partial charge in [0.05, 0.1) is 11.9 Å². The second-order valence-electron chi connectivity index (χ2n) is 3.14. The number of nitrogens with zero attached hydrogens (tertiary/aromatic N) is 2. The molecule has 0 amide bonds. The molecule has 16 heavy (non-hydrogen) atoms. The molecule has 2 aromatic heterocycles. The maximum atomic E-state index is 5.27. The fourth-order valence-electron chi connectivity index (χ4n) is 1.24. The molecule has 2 heterocycles. The minimum absolute atomic E-state index is 0.296. The van der Waals surface area contributed by atoms with Crippen LogP contribution >= 0.6 is 38.6 Å². The molecule has 2 rings (SSSR count). The highest BCUT2D eigenvalue weighted by atomic mass is 79.9. The Labute approximate surface area is 111 Å². The summed E-state index contributed by atoms with van der Waals surface area (Å²) in [7, 11) is 1.67. The second kappa shape index (κ2) is 5.25. The number of hydrogen-bond donors (Lipinski definition) is 0. The van der Waals surface area contributed by atoms with Crippen molar-refractivity contribution in [1.82, 2.24) is 10.2 Å². The van der Waals surface area contributed by atoms with Crippen LogP contribution in [-0.4, -0.2) is 17.3 Å². The summed E-state index contributed by atoms with van der Waals surface area (Å²) >= 11 is 6.82. The van der Waals surface area contributed by atoms with Gasteiger partial charge in [-0.1, -0.05) is 34.2 Å². The number of aromatic nitrogens is 2. The van der Waals surface area contributed by atoms with Crippen LogP contribution in [0.3, 0.4) is 0 Å². The van der Waals surface area contributed by atoms with Crippen LogP contribution in [-0.2, 0) is 0 Å². The van der Waals surface area contributed by atoms with Gasteiger partial charge in [0.25, 0.3) is 0 Å². The molecule has 0 aliphatic heterocycles. The van der Waals surface area contributed by atoms with E-state index in [0.29, 0.717) is 4.83 Å². The highest BCUT2D eigenvalue weighted by Gasteiger charge is 2.16. The van der Waals surface area contributed by atoms with Crippen LogP contribution in [0.4, 0.5) is 0 Å². The monoisotopic (exact) mass is 318 g/mol. The van der Waals surface area contributed by atoms with E-state index in [2.05, 4.69) is 33.1 Å². The third kappa shape index (κ3) is 2.28. The molecule has 1 unspecified atom stereocenters. The Hall–Kier alpha value is -0.460. The molecule has 0 N–H and O–H groups in total. The highest BCUT2D eigenvalue weighted by molar-refractivity contribution is 9.09. The quantitative estimate of drug-likeness (QED) is 0.795. The second-order valence-corrected chi connectivity index (χ2v) is 6.17. The van der Waals surface area contributed by atoms with Gasteiger partial charge in [-0.05, 0) is 17.9 Å². The number of ether oxygens (including phenoxy) is 1. The largest absolute Gasteiger partial charge is 0.495 e. The van der Waals surface area contributed by atoms with E-state index in [1.807, 2.05) is 11.4 Å². The van der Waals surface area contributed by atoms with Gasteiger partial charge < -0.3 is 4.74 Å². The smallest absolute Gasteiger partial charge is 0.161 e. The fraction of sp³-hybridized carbons (Fsp3) is 0.400. The van der Waals surface area contributed by atoms with Gasteiger partial charge in [0.2, 0.25) is 0 Å². The third-order valence-corrected chi connectivity index (χ3v) is 5.58. The SMILES string of the molecule is CCC(Br)c1nnc(-c2sccc2OC)s1. The molecular weight excluding hydrogens is 308 g/mol. The summed E-state index contributed by atoms with van der Waals surface area (Å²) in [6, 6.07) is 1.95. The van der Waals surface area contributed by atoms with Gasteiger partial charge >= 0.3 is 0 Å². The number of rotatable bonds is 4. The summed E-state index contributed by atoms with van der Waals surface area (Å²) in [5, 5.41) is 12.3. The topological polar surface area (TPSA) is 35.0 Å². The molecule has 0 aliphatic rings. The van der Waals surface area contributed by atoms with Crippen molar-refractivity contribution < 1.29 is 4.74 Å². The number of thiophene rings is 1. The van der Waals surface area contributed by atoms with Gasteiger partial charge in [-0.25, -0.2) is 0 Å². The van der Waals surface area contributed by atoms with Crippen LogP contribution < -0.4 is 4.74 Å². The molecule has 1 atom stereocenters. The van der Waals surface area contributed by atoms with Gasteiger partial charge in [-0.2, -0.15) is 0 Å². The standard InChI is InChI=1S/C10H11BrN2OS2/c1-3-6(11)9-12-13-10(16-9)8-7(14-2)4-5-15-8/h4-6H,3H2,1-2H3. The van der Waals surface area contributed by atoms with Crippen molar-refractivity contribution in [2.75, 3.05) is 7.11 Å². The lowest BCUT2D eigenvalue weighted by atomic mass is 10.4. The Morgan fingerprint density at radius 3 is 3.00 bits per heavy atom. The zero-order chi connectivity index (χ0) is 11.5. The van der Waals surface area contributed by atoms with Gasteiger partial charge in [0, 0.05) is 0 Å². The number of hydrogen-bond acceptors (Lipinski definition) is 5. The lowest BCUT2D eigenvalue weighted by Crippen LogP contribution is -1.85. The van der Waals surface area contributed by atoms with Crippen LogP contribution in [0.5, 0.6) is 5.75 Å². The minimum atomic E-state index is 0.296. The molecule has 0 radical (unpaired) electrons. The van der Waals surface area contributed by atoms with Crippen LogP contribution in [0.2, 0.25) is 0 Å². The lowest BCUT2D eigenvalue weighted by molar-refractivity contribution is 0.418. The molecule has 0 spiro atoms. The average molecular weight is 319 g/mol. The zero-order valence-electron chi connectivity index (χ0n) is 8.94. The summed E-state index contributed by atoms with van der Waals surface area (Å²) in [5.74, 6) is 0.871. The average Bonchev–Trinajstić information content (AvgIpc) is 2.95. The van der Waals surface area contributed by atoms with Crippen molar-refractivity contribution in [2.45, 2.75) is 18.2 Å². The third-order valence-electron chi connectivity index (χ3n) is 2.11. The first-order valence-corrected chi connectivity index (χ1v) is 7.46. The molecular formula is C10H11BrN2OS2. The zero-order valence-corrected chi connectivity index (χ0v) is 12.2. The van der Waals surface area contributed by atoms with Crippen LogP contribution in [0, 0.1) is 0 Å². The Bertz CT molecular complexity index is 469. The maximum Gasteiger partial charge on any atom is 0.161 e. The number of halogens is 1. The first-order chi connectivity index (χ1) is 7.76. The summed E-state index contributed by atoms with van der Waals surface area (Å²) in [4.78, 5) is 1.35. The Morgan fingerprint density at radius 2 is 2.31 bits per heavy atom. The van der Waals surface area contributed by atoms with E-state index in [-0.39, 0.29) is 0 Å². The van der Waals surface area contributed by atoms with Gasteiger partial charge in [-0.3, -0.25) is 0 Å². The first-order valence-electron chi connectivity index (χ1n) is 4.85. The minimum Gasteiger partial charge on any atom is -0.495 e. The Morgan fingerprint density at radius 1 is 1.50 bits per heavy atom. The molecule has 3 nitrogen and oxygen atoms in total. The predicted molar refractivity (Wildman–Crippen MR) is 71.7 cm³/mol. The van der Waals surface area contributed by atoms with Crippen LogP contribution in [0.1, 0.15) is 23.2 Å². The summed E-state index contributed by atoms with van der Waals surface area (Å²) in [6.45, 7) is 2.12. The van der Waals surface area contributed by atoms with E-state index < -0.39 is 0 Å². The van der Waals surface area contributed by atoms with Gasteiger partial charge in [-0.15, -0.1) is 21.5 Å². The van der Waals surface area contributed by atoms with E-state index in [0.717, 1.165) is 27.1 Å². The van der Waals surface area contributed by atoms with E-state index in [9.17, 15) is 0 Å². The van der Waals surface area contributed by atoms with Gasteiger partial charge in [0.1, 0.15) is 15.6 Å². The molecule has 0 saturated heterocycles. The Kier molecular flexibility index (Phi) is 3.94. The van der Waals surface area contributed by atoms with Crippen LogP contribution in [0.15, 0.2) is 11.4 Å². The first kappa shape index (κ1) is 12.0. The van der Waals surface area contributed by atoms with E-state index in [4.69, 9.17) is 4.74 Å². The normalized spacial score (nSPS) is 12.7. The van der Waals surface area contributed by atoms with Crippen molar-refractivity contribution >= 4 is 38.6 Å². The van der Waals surface area contributed by atoms with Crippen molar-refractivity contribution in [3.05, 3.63) is 16.5 Å². The van der Waals surface area contributed by atoms with Crippen molar-refractivity contribution in [3.8, 4) is 15.6 Å². The van der Waals surface area contributed by atoms with E-state index >= 15 is 0 Å². The molecule has 6 heteroatoms. The summed E-state index contributed by atoms with van der Waals surface area (Å²) < 4.78 is 5.27. The van der Waals surface area contributed by atoms with Crippen LogP contribution in [0.25, 0.3) is 9.88 Å². The van der Waals surface area contributed by atoms with Crippen molar-refractivity contribution in [2.24, 2.45) is 0 Å². The Balaban J connectivity index is 2.31. The predicted octanol–water partition coefficient (Wildman–Crippen LogP) is 4.12. The number of methoxy groups -OCH3 is 1.